The van der Waals surface area contributed by atoms with Crippen molar-refractivity contribution in [2.24, 2.45) is 5.73 Å². The molecule has 0 radical (unpaired) electrons. The van der Waals surface area contributed by atoms with Crippen LogP contribution < -0.4 is 20.5 Å². The topological polar surface area (TPSA) is 80.3 Å². The number of anilines is 1. The van der Waals surface area contributed by atoms with Gasteiger partial charge in [0.25, 0.3) is 0 Å². The number of fused-ring (bicyclic) bond motifs is 2. The zero-order valence-electron chi connectivity index (χ0n) is 13.3. The van der Waals surface area contributed by atoms with E-state index in [-0.39, 0.29) is 11.8 Å². The molecule has 0 aliphatic carbocycles. The molecule has 0 fully saturated rings. The second-order valence-corrected chi connectivity index (χ2v) is 5.93. The Hall–Kier alpha value is -3.13. The third kappa shape index (κ3) is 2.16. The summed E-state index contributed by atoms with van der Waals surface area (Å²) in [5.74, 6) is 1.36. The lowest BCUT2D eigenvalue weighted by molar-refractivity contribution is 0.393. The number of nitriles is 1. The van der Waals surface area contributed by atoms with Crippen LogP contribution in [0, 0.1) is 11.3 Å². The first-order valence-electron chi connectivity index (χ1n) is 7.83. The third-order valence-electron chi connectivity index (χ3n) is 4.58. The van der Waals surface area contributed by atoms with E-state index in [1.54, 1.807) is 7.11 Å². The van der Waals surface area contributed by atoms with Crippen molar-refractivity contribution in [2.75, 3.05) is 19.0 Å². The lowest BCUT2D eigenvalue weighted by Crippen LogP contribution is -2.21. The minimum Gasteiger partial charge on any atom is -0.497 e. The molecule has 2 aliphatic heterocycles. The molecule has 2 aromatic carbocycles. The molecule has 24 heavy (non-hydrogen) atoms. The van der Waals surface area contributed by atoms with Crippen molar-refractivity contribution >= 4 is 5.69 Å². The molecule has 0 saturated heterocycles. The van der Waals surface area contributed by atoms with Crippen molar-refractivity contribution < 1.29 is 9.47 Å². The second-order valence-electron chi connectivity index (χ2n) is 5.93. The van der Waals surface area contributed by atoms with Gasteiger partial charge in [-0.1, -0.05) is 12.1 Å². The smallest absolute Gasteiger partial charge is 0.205 e. The Labute approximate surface area is 140 Å². The number of hydrogen-bond acceptors (Lipinski definition) is 5. The summed E-state index contributed by atoms with van der Waals surface area (Å²) < 4.78 is 11.1. The first-order valence-corrected chi connectivity index (χ1v) is 7.83. The highest BCUT2D eigenvalue weighted by atomic mass is 16.5. The van der Waals surface area contributed by atoms with E-state index in [0.717, 1.165) is 35.5 Å². The zero-order chi connectivity index (χ0) is 16.7. The Morgan fingerprint density at radius 3 is 3.00 bits per heavy atom. The largest absolute Gasteiger partial charge is 0.497 e. The molecule has 0 bridgehead atoms. The quantitative estimate of drug-likeness (QED) is 0.889. The van der Waals surface area contributed by atoms with Crippen molar-refractivity contribution in [3.8, 4) is 17.6 Å². The molecular weight excluding hydrogens is 302 g/mol. The van der Waals surface area contributed by atoms with E-state index in [4.69, 9.17) is 15.2 Å². The van der Waals surface area contributed by atoms with Crippen LogP contribution in [0.15, 0.2) is 47.9 Å². The molecule has 5 nitrogen and oxygen atoms in total. The van der Waals surface area contributed by atoms with Gasteiger partial charge >= 0.3 is 0 Å². The Balaban J connectivity index is 1.92. The maximum atomic E-state index is 9.63. The molecule has 0 amide bonds. The predicted octanol–water partition coefficient (Wildman–Crippen LogP) is 2.88. The van der Waals surface area contributed by atoms with Gasteiger partial charge in [0.2, 0.25) is 5.88 Å². The number of benzene rings is 2. The van der Waals surface area contributed by atoms with Crippen molar-refractivity contribution in [1.29, 1.82) is 5.26 Å². The van der Waals surface area contributed by atoms with Crippen LogP contribution >= 0.6 is 0 Å². The van der Waals surface area contributed by atoms with Crippen LogP contribution in [0.4, 0.5) is 5.69 Å². The summed E-state index contributed by atoms with van der Waals surface area (Å²) in [6.45, 7) is 0.913. The van der Waals surface area contributed by atoms with Gasteiger partial charge in [0.15, 0.2) is 0 Å². The van der Waals surface area contributed by atoms with E-state index in [1.807, 2.05) is 30.3 Å². The minimum absolute atomic E-state index is 0.163. The van der Waals surface area contributed by atoms with Gasteiger partial charge < -0.3 is 20.5 Å². The molecule has 1 unspecified atom stereocenters. The maximum absolute atomic E-state index is 9.63. The predicted molar refractivity (Wildman–Crippen MR) is 90.9 cm³/mol. The highest BCUT2D eigenvalue weighted by molar-refractivity contribution is 5.66. The number of hydrogen-bond donors (Lipinski definition) is 2. The molecule has 0 aromatic heterocycles. The highest BCUT2D eigenvalue weighted by Crippen LogP contribution is 2.45. The number of ether oxygens (including phenoxy) is 2. The van der Waals surface area contributed by atoms with Crippen LogP contribution in [0.5, 0.6) is 11.5 Å². The average molecular weight is 319 g/mol. The van der Waals surface area contributed by atoms with Crippen molar-refractivity contribution in [1.82, 2.24) is 0 Å². The van der Waals surface area contributed by atoms with Gasteiger partial charge in [-0.05, 0) is 35.7 Å². The lowest BCUT2D eigenvalue weighted by atomic mass is 9.82. The summed E-state index contributed by atoms with van der Waals surface area (Å²) >= 11 is 0. The number of methoxy groups -OCH3 is 1. The number of nitrogens with zero attached hydrogens (tertiary/aromatic N) is 1. The van der Waals surface area contributed by atoms with Crippen LogP contribution in [0.25, 0.3) is 0 Å². The minimum atomic E-state index is -0.250. The third-order valence-corrected chi connectivity index (χ3v) is 4.58. The van der Waals surface area contributed by atoms with Crippen LogP contribution in [-0.4, -0.2) is 13.7 Å². The lowest BCUT2D eigenvalue weighted by Gasteiger charge is -2.27. The molecule has 3 N–H and O–H groups in total. The van der Waals surface area contributed by atoms with E-state index < -0.39 is 0 Å². The molecule has 4 rings (SSSR count). The number of allylic oxidation sites excluding steroid dienone is 1. The molecule has 5 heteroatoms. The SMILES string of the molecule is COc1cccc(C2C(C#N)=C(N)Oc3cc4c(cc32)CCN4)c1. The van der Waals surface area contributed by atoms with Gasteiger partial charge in [-0.25, -0.2) is 0 Å². The summed E-state index contributed by atoms with van der Waals surface area (Å²) in [4.78, 5) is 0. The fourth-order valence-electron chi connectivity index (χ4n) is 3.42. The zero-order valence-corrected chi connectivity index (χ0v) is 13.3. The molecular formula is C19H17N3O2. The highest BCUT2D eigenvalue weighted by Gasteiger charge is 2.32. The van der Waals surface area contributed by atoms with E-state index in [2.05, 4.69) is 17.5 Å². The molecule has 120 valence electrons. The van der Waals surface area contributed by atoms with E-state index in [0.29, 0.717) is 11.3 Å². The molecule has 1 atom stereocenters. The van der Waals surface area contributed by atoms with Crippen LogP contribution in [0.3, 0.4) is 0 Å². The molecule has 2 heterocycles. The summed E-state index contributed by atoms with van der Waals surface area (Å²) in [7, 11) is 1.63. The van der Waals surface area contributed by atoms with Gasteiger partial charge in [0.05, 0.1) is 13.0 Å². The normalized spacial score (nSPS) is 18.1. The molecule has 2 aliphatic rings. The van der Waals surface area contributed by atoms with Gasteiger partial charge in [-0.2, -0.15) is 5.26 Å². The monoisotopic (exact) mass is 319 g/mol. The van der Waals surface area contributed by atoms with E-state index in [9.17, 15) is 5.26 Å². The van der Waals surface area contributed by atoms with E-state index in [1.165, 1.54) is 5.56 Å². The van der Waals surface area contributed by atoms with Crippen molar-refractivity contribution in [3.05, 3.63) is 64.5 Å². The molecule has 0 saturated carbocycles. The summed E-state index contributed by atoms with van der Waals surface area (Å²) in [5.41, 5.74) is 10.7. The van der Waals surface area contributed by atoms with Crippen LogP contribution in [0.2, 0.25) is 0 Å². The first kappa shape index (κ1) is 14.5. The Morgan fingerprint density at radius 1 is 1.33 bits per heavy atom. The summed E-state index contributed by atoms with van der Waals surface area (Å²) in [6.07, 6.45) is 0.967. The average Bonchev–Trinajstić information content (AvgIpc) is 3.06. The second kappa shape index (κ2) is 5.50. The van der Waals surface area contributed by atoms with Gasteiger partial charge in [0.1, 0.15) is 23.1 Å². The Kier molecular flexibility index (Phi) is 3.31. The summed E-state index contributed by atoms with van der Waals surface area (Å²) in [6, 6.07) is 14.1. The van der Waals surface area contributed by atoms with Gasteiger partial charge in [-0.3, -0.25) is 0 Å². The number of nitrogens with two attached hydrogens (primary N) is 1. The van der Waals surface area contributed by atoms with E-state index >= 15 is 0 Å². The Morgan fingerprint density at radius 2 is 2.21 bits per heavy atom. The Bertz CT molecular complexity index is 896. The number of rotatable bonds is 2. The standard InChI is InChI=1S/C19H17N3O2/c1-23-13-4-2-3-12(7-13)18-14-8-11-5-6-22-16(11)9-17(14)24-19(21)15(18)10-20/h2-4,7-9,18,22H,5-6,21H2,1H3. The summed E-state index contributed by atoms with van der Waals surface area (Å²) in [5, 5.41) is 13.0. The van der Waals surface area contributed by atoms with Gasteiger partial charge in [0, 0.05) is 23.9 Å². The maximum Gasteiger partial charge on any atom is 0.205 e. The van der Waals surface area contributed by atoms with Crippen molar-refractivity contribution in [2.45, 2.75) is 12.3 Å². The first-order chi connectivity index (χ1) is 11.7. The van der Waals surface area contributed by atoms with Crippen LogP contribution in [-0.2, 0) is 6.42 Å². The van der Waals surface area contributed by atoms with Gasteiger partial charge in [-0.15, -0.1) is 0 Å². The van der Waals surface area contributed by atoms with Crippen molar-refractivity contribution in [3.63, 3.8) is 0 Å². The molecule has 0 spiro atoms. The van der Waals surface area contributed by atoms with Crippen LogP contribution in [0.1, 0.15) is 22.6 Å². The fourth-order valence-corrected chi connectivity index (χ4v) is 3.42. The molecule has 2 aromatic rings. The fraction of sp³-hybridized carbons (Fsp3) is 0.211. The number of nitrogens with one attached hydrogen (secondary N) is 1.